The maximum absolute atomic E-state index is 13.6. The predicted octanol–water partition coefficient (Wildman–Crippen LogP) is 5.09. The van der Waals surface area contributed by atoms with Crippen LogP contribution in [0, 0.1) is 0 Å². The summed E-state index contributed by atoms with van der Waals surface area (Å²) in [4.78, 5) is 28.6. The highest BCUT2D eigenvalue weighted by Gasteiger charge is 2.30. The van der Waals surface area contributed by atoms with E-state index >= 15 is 0 Å². The molecule has 1 N–H and O–H groups in total. The molecule has 0 heterocycles. The Morgan fingerprint density at radius 2 is 1.57 bits per heavy atom. The number of methoxy groups -OCH3 is 1. The summed E-state index contributed by atoms with van der Waals surface area (Å²) < 4.78 is 5.38. The Morgan fingerprint density at radius 1 is 0.914 bits per heavy atom. The van der Waals surface area contributed by atoms with Crippen LogP contribution in [0.25, 0.3) is 0 Å². The summed E-state index contributed by atoms with van der Waals surface area (Å²) in [5.41, 5.74) is 3.11. The molecule has 0 saturated carbocycles. The van der Waals surface area contributed by atoms with Gasteiger partial charge in [-0.1, -0.05) is 79.7 Å². The van der Waals surface area contributed by atoms with E-state index in [0.29, 0.717) is 25.3 Å². The number of hydrogen-bond acceptors (Lipinski definition) is 4. The van der Waals surface area contributed by atoms with Gasteiger partial charge < -0.3 is 15.0 Å². The van der Waals surface area contributed by atoms with E-state index in [9.17, 15) is 9.59 Å². The van der Waals surface area contributed by atoms with Crippen molar-refractivity contribution in [3.8, 4) is 5.75 Å². The first kappa shape index (κ1) is 26.4. The molecule has 0 saturated heterocycles. The van der Waals surface area contributed by atoms with Gasteiger partial charge in [0.05, 0.1) is 12.9 Å². The van der Waals surface area contributed by atoms with Gasteiger partial charge in [-0.05, 0) is 35.2 Å². The Labute approximate surface area is 212 Å². The molecule has 2 amide bonds. The van der Waals surface area contributed by atoms with Gasteiger partial charge >= 0.3 is 0 Å². The SMILES string of the molecule is CCCNC(=O)C(Cc1ccccc1)N(Cc1cccc(OC)c1)C(=O)CSCc1ccccc1. The molecule has 0 bridgehead atoms. The van der Waals surface area contributed by atoms with Crippen molar-refractivity contribution in [3.05, 3.63) is 102 Å². The number of carbonyl (C=O) groups excluding carboxylic acids is 2. The fraction of sp³-hybridized carbons (Fsp3) is 0.310. The lowest BCUT2D eigenvalue weighted by molar-refractivity contribution is -0.139. The number of rotatable bonds is 13. The monoisotopic (exact) mass is 490 g/mol. The minimum Gasteiger partial charge on any atom is -0.497 e. The number of thioether (sulfide) groups is 1. The first-order chi connectivity index (χ1) is 17.1. The molecule has 1 unspecified atom stereocenters. The summed E-state index contributed by atoms with van der Waals surface area (Å²) in [5.74, 6) is 1.58. The molecule has 3 aromatic carbocycles. The second-order valence-electron chi connectivity index (χ2n) is 8.35. The van der Waals surface area contributed by atoms with Crippen molar-refractivity contribution in [2.24, 2.45) is 0 Å². The summed E-state index contributed by atoms with van der Waals surface area (Å²) in [6.45, 7) is 2.93. The molecule has 5 nitrogen and oxygen atoms in total. The van der Waals surface area contributed by atoms with Crippen molar-refractivity contribution in [1.29, 1.82) is 0 Å². The smallest absolute Gasteiger partial charge is 0.243 e. The normalized spacial score (nSPS) is 11.5. The number of carbonyl (C=O) groups is 2. The second-order valence-corrected chi connectivity index (χ2v) is 9.33. The van der Waals surface area contributed by atoms with Gasteiger partial charge in [-0.25, -0.2) is 0 Å². The number of amides is 2. The summed E-state index contributed by atoms with van der Waals surface area (Å²) in [6, 6.07) is 27.0. The lowest BCUT2D eigenvalue weighted by Crippen LogP contribution is -2.51. The highest BCUT2D eigenvalue weighted by molar-refractivity contribution is 7.99. The van der Waals surface area contributed by atoms with Crippen LogP contribution < -0.4 is 10.1 Å². The van der Waals surface area contributed by atoms with Crippen molar-refractivity contribution < 1.29 is 14.3 Å². The molecular weight excluding hydrogens is 456 g/mol. The molecule has 1 atom stereocenters. The molecule has 0 aliphatic carbocycles. The van der Waals surface area contributed by atoms with Crippen molar-refractivity contribution in [2.45, 2.75) is 38.1 Å². The van der Waals surface area contributed by atoms with Crippen molar-refractivity contribution >= 4 is 23.6 Å². The van der Waals surface area contributed by atoms with Crippen LogP contribution in [-0.4, -0.2) is 42.2 Å². The van der Waals surface area contributed by atoms with Crippen LogP contribution in [0.5, 0.6) is 5.75 Å². The number of ether oxygens (including phenoxy) is 1. The summed E-state index contributed by atoms with van der Waals surface area (Å²) in [5, 5.41) is 3.01. The van der Waals surface area contributed by atoms with Gasteiger partial charge in [-0.15, -0.1) is 11.8 Å². The highest BCUT2D eigenvalue weighted by atomic mass is 32.2. The van der Waals surface area contributed by atoms with E-state index in [1.54, 1.807) is 23.8 Å². The van der Waals surface area contributed by atoms with E-state index in [2.05, 4.69) is 17.4 Å². The minimum atomic E-state index is -0.611. The quantitative estimate of drug-likeness (QED) is 0.362. The standard InChI is InChI=1S/C29H34N2O3S/c1-3-17-30-29(33)27(19-23-11-6-4-7-12-23)31(20-25-15-10-16-26(18-25)34-2)28(32)22-35-21-24-13-8-5-9-14-24/h4-16,18,27H,3,17,19-22H2,1-2H3,(H,30,33). The van der Waals surface area contributed by atoms with Gasteiger partial charge in [-0.2, -0.15) is 0 Å². The predicted molar refractivity (Wildman–Crippen MR) is 143 cm³/mol. The van der Waals surface area contributed by atoms with Gasteiger partial charge in [0, 0.05) is 25.3 Å². The van der Waals surface area contributed by atoms with E-state index in [1.807, 2.05) is 79.7 Å². The number of nitrogens with one attached hydrogen (secondary N) is 1. The molecule has 35 heavy (non-hydrogen) atoms. The van der Waals surface area contributed by atoms with E-state index < -0.39 is 6.04 Å². The Hall–Kier alpha value is -3.25. The van der Waals surface area contributed by atoms with Gasteiger partial charge in [-0.3, -0.25) is 9.59 Å². The Morgan fingerprint density at radius 3 is 2.23 bits per heavy atom. The molecule has 0 spiro atoms. The first-order valence-corrected chi connectivity index (χ1v) is 13.1. The maximum atomic E-state index is 13.6. The van der Waals surface area contributed by atoms with Gasteiger partial charge in [0.1, 0.15) is 11.8 Å². The largest absolute Gasteiger partial charge is 0.497 e. The van der Waals surface area contributed by atoms with Gasteiger partial charge in [0.2, 0.25) is 11.8 Å². The first-order valence-electron chi connectivity index (χ1n) is 12.0. The van der Waals surface area contributed by atoms with Crippen LogP contribution in [-0.2, 0) is 28.3 Å². The van der Waals surface area contributed by atoms with Crippen molar-refractivity contribution in [1.82, 2.24) is 10.2 Å². The van der Waals surface area contributed by atoms with Gasteiger partial charge in [0.15, 0.2) is 0 Å². The second kappa shape index (κ2) is 14.2. The zero-order valence-corrected chi connectivity index (χ0v) is 21.3. The third-order valence-electron chi connectivity index (χ3n) is 5.64. The zero-order valence-electron chi connectivity index (χ0n) is 20.5. The molecule has 0 aliphatic rings. The third-order valence-corrected chi connectivity index (χ3v) is 6.63. The van der Waals surface area contributed by atoms with Crippen LogP contribution in [0.4, 0.5) is 0 Å². The van der Waals surface area contributed by atoms with Crippen molar-refractivity contribution in [2.75, 3.05) is 19.4 Å². The molecule has 3 rings (SSSR count). The van der Waals surface area contributed by atoms with Crippen LogP contribution in [0.3, 0.4) is 0 Å². The molecule has 0 radical (unpaired) electrons. The van der Waals surface area contributed by atoms with E-state index in [-0.39, 0.29) is 11.8 Å². The molecule has 184 valence electrons. The number of nitrogens with zero attached hydrogens (tertiary/aromatic N) is 1. The van der Waals surface area contributed by atoms with Crippen LogP contribution >= 0.6 is 11.8 Å². The van der Waals surface area contributed by atoms with E-state index in [4.69, 9.17) is 4.74 Å². The number of benzene rings is 3. The molecule has 6 heteroatoms. The minimum absolute atomic E-state index is 0.0543. The zero-order chi connectivity index (χ0) is 24.9. The molecule has 3 aromatic rings. The molecule has 0 fully saturated rings. The molecule has 0 aromatic heterocycles. The lowest BCUT2D eigenvalue weighted by Gasteiger charge is -2.31. The summed E-state index contributed by atoms with van der Waals surface area (Å²) in [6.07, 6.45) is 1.29. The summed E-state index contributed by atoms with van der Waals surface area (Å²) >= 11 is 1.57. The fourth-order valence-electron chi connectivity index (χ4n) is 3.80. The third kappa shape index (κ3) is 8.48. The topological polar surface area (TPSA) is 58.6 Å². The van der Waals surface area contributed by atoms with E-state index in [1.165, 1.54) is 5.56 Å². The average molecular weight is 491 g/mol. The number of hydrogen-bond donors (Lipinski definition) is 1. The molecular formula is C29H34N2O3S. The average Bonchev–Trinajstić information content (AvgIpc) is 2.90. The van der Waals surface area contributed by atoms with Crippen LogP contribution in [0.2, 0.25) is 0 Å². The fourth-order valence-corrected chi connectivity index (χ4v) is 4.67. The molecule has 0 aliphatic heterocycles. The summed E-state index contributed by atoms with van der Waals surface area (Å²) in [7, 11) is 1.62. The maximum Gasteiger partial charge on any atom is 0.243 e. The van der Waals surface area contributed by atoms with Crippen LogP contribution in [0.1, 0.15) is 30.0 Å². The van der Waals surface area contributed by atoms with Gasteiger partial charge in [0.25, 0.3) is 0 Å². The van der Waals surface area contributed by atoms with E-state index in [0.717, 1.165) is 29.1 Å². The Balaban J connectivity index is 1.85. The Bertz CT molecular complexity index is 1060. The van der Waals surface area contributed by atoms with Crippen LogP contribution in [0.15, 0.2) is 84.9 Å². The highest BCUT2D eigenvalue weighted by Crippen LogP contribution is 2.20. The van der Waals surface area contributed by atoms with Crippen molar-refractivity contribution in [3.63, 3.8) is 0 Å². The Kier molecular flexibility index (Phi) is 10.7. The lowest BCUT2D eigenvalue weighted by atomic mass is 10.0.